The molecule has 0 spiro atoms. The van der Waals surface area contributed by atoms with E-state index in [9.17, 15) is 4.79 Å². The van der Waals surface area contributed by atoms with E-state index in [2.05, 4.69) is 6.92 Å². The lowest BCUT2D eigenvalue weighted by Crippen LogP contribution is -1.98. The Morgan fingerprint density at radius 2 is 2.12 bits per heavy atom. The number of carbonyl (C=O) groups is 1. The maximum Gasteiger partial charge on any atom is 0.161 e. The molecule has 0 aromatic heterocycles. The van der Waals surface area contributed by atoms with Crippen molar-refractivity contribution in [2.75, 3.05) is 13.7 Å². The monoisotopic (exact) mass is 234 g/mol. The fourth-order valence-electron chi connectivity index (χ4n) is 1.38. The summed E-state index contributed by atoms with van der Waals surface area (Å²) >= 11 is 0. The molecular weight excluding hydrogens is 216 g/mol. The van der Waals surface area contributed by atoms with Gasteiger partial charge < -0.3 is 9.47 Å². The molecular formula is C14H18O3. The number of ether oxygens (including phenoxy) is 2. The highest BCUT2D eigenvalue weighted by Crippen LogP contribution is 2.28. The van der Waals surface area contributed by atoms with Gasteiger partial charge in [-0.15, -0.1) is 0 Å². The average Bonchev–Trinajstić information content (AvgIpc) is 2.37. The van der Waals surface area contributed by atoms with Crippen molar-refractivity contribution in [1.82, 2.24) is 0 Å². The topological polar surface area (TPSA) is 35.5 Å². The first-order chi connectivity index (χ1) is 8.31. The molecule has 17 heavy (non-hydrogen) atoms. The third-order valence-electron chi connectivity index (χ3n) is 2.31. The van der Waals surface area contributed by atoms with Crippen molar-refractivity contribution >= 4 is 12.4 Å². The lowest BCUT2D eigenvalue weighted by atomic mass is 10.2. The number of benzene rings is 1. The zero-order valence-electron chi connectivity index (χ0n) is 10.3. The minimum atomic E-state index is 0.689. The third-order valence-corrected chi connectivity index (χ3v) is 2.31. The normalized spacial score (nSPS) is 10.5. The van der Waals surface area contributed by atoms with Crippen molar-refractivity contribution in [3.05, 3.63) is 29.8 Å². The largest absolute Gasteiger partial charge is 0.493 e. The highest BCUT2D eigenvalue weighted by atomic mass is 16.5. The van der Waals surface area contributed by atoms with Crippen LogP contribution < -0.4 is 9.47 Å². The van der Waals surface area contributed by atoms with Crippen LogP contribution in [0.2, 0.25) is 0 Å². The highest BCUT2D eigenvalue weighted by Gasteiger charge is 2.04. The number of hydrogen-bond donors (Lipinski definition) is 0. The molecule has 0 unspecified atom stereocenters. The summed E-state index contributed by atoms with van der Waals surface area (Å²) in [5.74, 6) is 1.43. The number of carbonyl (C=O) groups excluding carboxylic acids is 1. The quantitative estimate of drug-likeness (QED) is 0.413. The molecule has 92 valence electrons. The SMILES string of the molecule is CCCCOc1ccc(C=CC=O)cc1OC. The van der Waals surface area contributed by atoms with Gasteiger partial charge in [0.1, 0.15) is 6.29 Å². The van der Waals surface area contributed by atoms with E-state index < -0.39 is 0 Å². The molecule has 0 aliphatic heterocycles. The van der Waals surface area contributed by atoms with Gasteiger partial charge in [-0.25, -0.2) is 0 Å². The molecule has 0 saturated carbocycles. The van der Waals surface area contributed by atoms with Crippen LogP contribution >= 0.6 is 0 Å². The Balaban J connectivity index is 2.77. The molecule has 1 aromatic carbocycles. The van der Waals surface area contributed by atoms with Crippen LogP contribution in [0, 0.1) is 0 Å². The summed E-state index contributed by atoms with van der Waals surface area (Å²) in [4.78, 5) is 10.2. The molecule has 0 atom stereocenters. The Morgan fingerprint density at radius 3 is 2.76 bits per heavy atom. The molecule has 0 N–H and O–H groups in total. The fraction of sp³-hybridized carbons (Fsp3) is 0.357. The average molecular weight is 234 g/mol. The standard InChI is InChI=1S/C14H18O3/c1-3-4-10-17-13-8-7-12(6-5-9-15)11-14(13)16-2/h5-9,11H,3-4,10H2,1-2H3. The lowest BCUT2D eigenvalue weighted by molar-refractivity contribution is -0.104. The molecule has 3 nitrogen and oxygen atoms in total. The van der Waals surface area contributed by atoms with E-state index in [1.807, 2.05) is 18.2 Å². The lowest BCUT2D eigenvalue weighted by Gasteiger charge is -2.10. The summed E-state index contributed by atoms with van der Waals surface area (Å²) in [5.41, 5.74) is 0.914. The van der Waals surface area contributed by atoms with Gasteiger partial charge in [-0.3, -0.25) is 4.79 Å². The van der Waals surface area contributed by atoms with Crippen molar-refractivity contribution in [3.63, 3.8) is 0 Å². The van der Waals surface area contributed by atoms with E-state index >= 15 is 0 Å². The zero-order valence-corrected chi connectivity index (χ0v) is 10.3. The molecule has 0 fully saturated rings. The predicted molar refractivity (Wildman–Crippen MR) is 68.5 cm³/mol. The van der Waals surface area contributed by atoms with Crippen LogP contribution in [0.3, 0.4) is 0 Å². The van der Waals surface area contributed by atoms with Crippen molar-refractivity contribution in [1.29, 1.82) is 0 Å². The van der Waals surface area contributed by atoms with Crippen LogP contribution in [-0.2, 0) is 4.79 Å². The maximum atomic E-state index is 10.2. The van der Waals surface area contributed by atoms with Gasteiger partial charge in [-0.05, 0) is 30.2 Å². The van der Waals surface area contributed by atoms with Crippen molar-refractivity contribution in [3.8, 4) is 11.5 Å². The molecule has 0 heterocycles. The van der Waals surface area contributed by atoms with E-state index in [0.717, 1.165) is 30.4 Å². The smallest absolute Gasteiger partial charge is 0.161 e. The van der Waals surface area contributed by atoms with Gasteiger partial charge in [-0.1, -0.05) is 25.5 Å². The van der Waals surface area contributed by atoms with E-state index in [-0.39, 0.29) is 0 Å². The number of methoxy groups -OCH3 is 1. The van der Waals surface area contributed by atoms with Gasteiger partial charge in [-0.2, -0.15) is 0 Å². The van der Waals surface area contributed by atoms with Crippen LogP contribution in [0.4, 0.5) is 0 Å². The molecule has 1 rings (SSSR count). The number of hydrogen-bond acceptors (Lipinski definition) is 3. The second-order valence-electron chi connectivity index (χ2n) is 3.61. The number of rotatable bonds is 7. The first-order valence-electron chi connectivity index (χ1n) is 5.74. The summed E-state index contributed by atoms with van der Waals surface area (Å²) in [6.07, 6.45) is 6.05. The highest BCUT2D eigenvalue weighted by molar-refractivity contribution is 5.74. The van der Waals surface area contributed by atoms with Gasteiger partial charge in [0.2, 0.25) is 0 Å². The van der Waals surface area contributed by atoms with Crippen LogP contribution in [0.25, 0.3) is 6.08 Å². The maximum absolute atomic E-state index is 10.2. The van der Waals surface area contributed by atoms with Crippen LogP contribution in [0.5, 0.6) is 11.5 Å². The first-order valence-corrected chi connectivity index (χ1v) is 5.74. The second-order valence-corrected chi connectivity index (χ2v) is 3.61. The summed E-state index contributed by atoms with van der Waals surface area (Å²) in [7, 11) is 1.61. The Morgan fingerprint density at radius 1 is 1.29 bits per heavy atom. The fourth-order valence-corrected chi connectivity index (χ4v) is 1.38. The molecule has 0 bridgehead atoms. The summed E-state index contributed by atoms with van der Waals surface area (Å²) in [6.45, 7) is 2.81. The molecule has 0 aliphatic carbocycles. The Bertz CT molecular complexity index is 383. The third kappa shape index (κ3) is 4.31. The molecule has 0 aliphatic rings. The Labute approximate surface area is 102 Å². The molecule has 1 aromatic rings. The molecule has 0 radical (unpaired) electrons. The number of unbranched alkanes of at least 4 members (excludes halogenated alkanes) is 1. The summed E-state index contributed by atoms with van der Waals surface area (Å²) in [6, 6.07) is 5.60. The zero-order chi connectivity index (χ0) is 12.5. The number of aldehydes is 1. The van der Waals surface area contributed by atoms with Crippen molar-refractivity contribution < 1.29 is 14.3 Å². The minimum absolute atomic E-state index is 0.689. The van der Waals surface area contributed by atoms with Gasteiger partial charge in [0, 0.05) is 0 Å². The molecule has 0 amide bonds. The second kappa shape index (κ2) is 7.49. The van der Waals surface area contributed by atoms with Crippen molar-refractivity contribution in [2.24, 2.45) is 0 Å². The van der Waals surface area contributed by atoms with E-state index in [1.165, 1.54) is 6.08 Å². The number of allylic oxidation sites excluding steroid dienone is 1. The van der Waals surface area contributed by atoms with E-state index in [0.29, 0.717) is 12.4 Å². The minimum Gasteiger partial charge on any atom is -0.493 e. The van der Waals surface area contributed by atoms with Gasteiger partial charge in [0.05, 0.1) is 13.7 Å². The van der Waals surface area contributed by atoms with Gasteiger partial charge >= 0.3 is 0 Å². The summed E-state index contributed by atoms with van der Waals surface area (Å²) < 4.78 is 10.9. The van der Waals surface area contributed by atoms with Crippen molar-refractivity contribution in [2.45, 2.75) is 19.8 Å². The summed E-state index contributed by atoms with van der Waals surface area (Å²) in [5, 5.41) is 0. The molecule has 3 heteroatoms. The van der Waals surface area contributed by atoms with Gasteiger partial charge in [0.15, 0.2) is 11.5 Å². The first kappa shape index (κ1) is 13.3. The van der Waals surface area contributed by atoms with Crippen LogP contribution in [-0.4, -0.2) is 20.0 Å². The van der Waals surface area contributed by atoms with E-state index in [1.54, 1.807) is 13.2 Å². The van der Waals surface area contributed by atoms with Crippen LogP contribution in [0.15, 0.2) is 24.3 Å². The Kier molecular flexibility index (Phi) is 5.86. The van der Waals surface area contributed by atoms with E-state index in [4.69, 9.17) is 9.47 Å². The Hall–Kier alpha value is -1.77. The predicted octanol–water partition coefficient (Wildman–Crippen LogP) is 3.09. The van der Waals surface area contributed by atoms with Gasteiger partial charge in [0.25, 0.3) is 0 Å². The van der Waals surface area contributed by atoms with Crippen LogP contribution in [0.1, 0.15) is 25.3 Å². The molecule has 0 saturated heterocycles.